The van der Waals surface area contributed by atoms with Gasteiger partial charge in [0, 0.05) is 24.4 Å². The molecule has 0 aliphatic carbocycles. The second-order valence-corrected chi connectivity index (χ2v) is 5.52. The number of nitrogens with two attached hydrogens (primary N) is 1. The minimum atomic E-state index is -0.215. The summed E-state index contributed by atoms with van der Waals surface area (Å²) in [6.45, 7) is 4.11. The first-order chi connectivity index (χ1) is 9.54. The van der Waals surface area contributed by atoms with Gasteiger partial charge in [-0.1, -0.05) is 17.7 Å². The fourth-order valence-corrected chi connectivity index (χ4v) is 2.56. The Bertz CT molecular complexity index is 476. The van der Waals surface area contributed by atoms with Crippen LogP contribution in [0.2, 0.25) is 0 Å². The Morgan fingerprint density at radius 3 is 2.40 bits per heavy atom. The molecule has 108 valence electrons. The summed E-state index contributed by atoms with van der Waals surface area (Å²) in [4.78, 5) is 24.3. The molecule has 0 saturated carbocycles. The summed E-state index contributed by atoms with van der Waals surface area (Å²) in [6, 6.07) is 7.76. The number of carbonyl (C=O) groups excluding carboxylic acids is 2. The summed E-state index contributed by atoms with van der Waals surface area (Å²) < 4.78 is 0. The van der Waals surface area contributed by atoms with Crippen LogP contribution < -0.4 is 16.0 Å². The van der Waals surface area contributed by atoms with Crippen molar-refractivity contribution in [3.05, 3.63) is 29.8 Å². The number of nitrogens with one attached hydrogen (secondary N) is 2. The maximum absolute atomic E-state index is 12.0. The molecule has 20 heavy (non-hydrogen) atoms. The van der Waals surface area contributed by atoms with Crippen LogP contribution in [0, 0.1) is 12.8 Å². The van der Waals surface area contributed by atoms with Gasteiger partial charge in [0.15, 0.2) is 6.54 Å². The van der Waals surface area contributed by atoms with Crippen LogP contribution in [0.3, 0.4) is 0 Å². The highest BCUT2D eigenvalue weighted by Gasteiger charge is 2.26. The molecule has 1 aromatic carbocycles. The number of benzene rings is 1. The number of quaternary nitrogens is 1. The first-order valence-electron chi connectivity index (χ1n) is 7.04. The summed E-state index contributed by atoms with van der Waals surface area (Å²) >= 11 is 0. The molecule has 2 rings (SSSR count). The predicted molar refractivity (Wildman–Crippen MR) is 77.3 cm³/mol. The van der Waals surface area contributed by atoms with E-state index in [-0.39, 0.29) is 17.7 Å². The van der Waals surface area contributed by atoms with E-state index in [2.05, 4.69) is 5.32 Å². The molecule has 1 heterocycles. The molecule has 0 atom stereocenters. The molecule has 1 saturated heterocycles. The van der Waals surface area contributed by atoms with Crippen LogP contribution in [-0.4, -0.2) is 31.4 Å². The highest BCUT2D eigenvalue weighted by Crippen LogP contribution is 2.09. The Morgan fingerprint density at radius 1 is 1.25 bits per heavy atom. The van der Waals surface area contributed by atoms with Crippen molar-refractivity contribution in [2.45, 2.75) is 19.8 Å². The summed E-state index contributed by atoms with van der Waals surface area (Å²) in [5, 5.41) is 2.90. The first kappa shape index (κ1) is 14.5. The average Bonchev–Trinajstić information content (AvgIpc) is 2.42. The van der Waals surface area contributed by atoms with E-state index >= 15 is 0 Å². The Hall–Kier alpha value is -1.88. The predicted octanol–water partition coefficient (Wildman–Crippen LogP) is -0.286. The van der Waals surface area contributed by atoms with Gasteiger partial charge in [-0.15, -0.1) is 0 Å². The van der Waals surface area contributed by atoms with Crippen LogP contribution in [0.15, 0.2) is 24.3 Å². The second kappa shape index (κ2) is 6.52. The van der Waals surface area contributed by atoms with Crippen molar-refractivity contribution in [2.24, 2.45) is 11.7 Å². The van der Waals surface area contributed by atoms with E-state index in [0.29, 0.717) is 6.54 Å². The third-order valence-electron chi connectivity index (χ3n) is 3.84. The van der Waals surface area contributed by atoms with E-state index in [1.165, 1.54) is 10.5 Å². The zero-order valence-corrected chi connectivity index (χ0v) is 11.8. The lowest BCUT2D eigenvalue weighted by molar-refractivity contribution is -0.897. The molecule has 0 aromatic heterocycles. The summed E-state index contributed by atoms with van der Waals surface area (Å²) in [5.41, 5.74) is 7.30. The van der Waals surface area contributed by atoms with Crippen molar-refractivity contribution < 1.29 is 14.5 Å². The zero-order valence-electron chi connectivity index (χ0n) is 11.8. The van der Waals surface area contributed by atoms with Crippen molar-refractivity contribution >= 4 is 17.5 Å². The number of aryl methyl sites for hydroxylation is 1. The molecule has 1 fully saturated rings. The third kappa shape index (κ3) is 4.06. The van der Waals surface area contributed by atoms with Crippen molar-refractivity contribution in [3.8, 4) is 0 Å². The van der Waals surface area contributed by atoms with Gasteiger partial charge < -0.3 is 16.0 Å². The summed E-state index contributed by atoms with van der Waals surface area (Å²) in [7, 11) is 0. The number of anilines is 1. The number of amides is 2. The van der Waals surface area contributed by atoms with E-state index in [1.807, 2.05) is 31.2 Å². The SMILES string of the molecule is Cc1ccc(NC(=O)C[NH+]2CCC(C(N)=O)CC2)cc1. The van der Waals surface area contributed by atoms with Gasteiger partial charge in [0.25, 0.3) is 5.91 Å². The minimum Gasteiger partial charge on any atom is -0.369 e. The Labute approximate surface area is 119 Å². The number of hydrogen-bond donors (Lipinski definition) is 3. The Morgan fingerprint density at radius 2 is 1.85 bits per heavy atom. The standard InChI is InChI=1S/C15H21N3O2/c1-11-2-4-13(5-3-11)17-14(19)10-18-8-6-12(7-9-18)15(16)20/h2-5,12H,6-10H2,1H3,(H2,16,20)(H,17,19)/p+1. The van der Waals surface area contributed by atoms with Crippen LogP contribution in [0.25, 0.3) is 0 Å². The van der Waals surface area contributed by atoms with Crippen molar-refractivity contribution in [3.63, 3.8) is 0 Å². The molecule has 2 amide bonds. The number of hydrogen-bond acceptors (Lipinski definition) is 2. The van der Waals surface area contributed by atoms with Crippen LogP contribution in [0.4, 0.5) is 5.69 Å². The molecule has 1 aliphatic rings. The number of likely N-dealkylation sites (tertiary alicyclic amines) is 1. The normalized spacial score (nSPS) is 22.2. The van der Waals surface area contributed by atoms with Gasteiger partial charge in [0.2, 0.25) is 5.91 Å². The average molecular weight is 276 g/mol. The van der Waals surface area contributed by atoms with E-state index in [0.717, 1.165) is 31.6 Å². The van der Waals surface area contributed by atoms with Gasteiger partial charge >= 0.3 is 0 Å². The molecular formula is C15H22N3O2+. The maximum Gasteiger partial charge on any atom is 0.279 e. The molecule has 0 unspecified atom stereocenters. The Kier molecular flexibility index (Phi) is 4.74. The molecule has 4 N–H and O–H groups in total. The monoisotopic (exact) mass is 276 g/mol. The van der Waals surface area contributed by atoms with E-state index in [9.17, 15) is 9.59 Å². The number of piperidine rings is 1. The quantitative estimate of drug-likeness (QED) is 0.707. The molecule has 5 heteroatoms. The maximum atomic E-state index is 12.0. The highest BCUT2D eigenvalue weighted by atomic mass is 16.2. The molecular weight excluding hydrogens is 254 g/mol. The molecule has 0 spiro atoms. The van der Waals surface area contributed by atoms with Crippen molar-refractivity contribution in [1.29, 1.82) is 0 Å². The van der Waals surface area contributed by atoms with E-state index in [1.54, 1.807) is 0 Å². The van der Waals surface area contributed by atoms with E-state index in [4.69, 9.17) is 5.73 Å². The molecule has 5 nitrogen and oxygen atoms in total. The first-order valence-corrected chi connectivity index (χ1v) is 7.04. The van der Waals surface area contributed by atoms with Gasteiger partial charge in [-0.2, -0.15) is 0 Å². The molecule has 1 aliphatic heterocycles. The van der Waals surface area contributed by atoms with Crippen molar-refractivity contribution in [1.82, 2.24) is 0 Å². The smallest absolute Gasteiger partial charge is 0.279 e. The van der Waals surface area contributed by atoms with Crippen LogP contribution in [0.5, 0.6) is 0 Å². The minimum absolute atomic E-state index is 0.0149. The number of primary amides is 1. The molecule has 0 radical (unpaired) electrons. The van der Waals surface area contributed by atoms with Crippen LogP contribution >= 0.6 is 0 Å². The highest BCUT2D eigenvalue weighted by molar-refractivity contribution is 5.91. The Balaban J connectivity index is 1.78. The van der Waals surface area contributed by atoms with Gasteiger partial charge in [0.1, 0.15) is 0 Å². The number of carbonyl (C=O) groups is 2. The topological polar surface area (TPSA) is 76.6 Å². The molecule has 1 aromatic rings. The zero-order chi connectivity index (χ0) is 14.5. The van der Waals surface area contributed by atoms with Crippen molar-refractivity contribution in [2.75, 3.05) is 25.0 Å². The lowest BCUT2D eigenvalue weighted by Crippen LogP contribution is -3.14. The van der Waals surface area contributed by atoms with E-state index < -0.39 is 0 Å². The lowest BCUT2D eigenvalue weighted by Gasteiger charge is -2.27. The third-order valence-corrected chi connectivity index (χ3v) is 3.84. The molecule has 0 bridgehead atoms. The fraction of sp³-hybridized carbons (Fsp3) is 0.467. The van der Waals surface area contributed by atoms with Gasteiger partial charge in [-0.25, -0.2) is 0 Å². The number of rotatable bonds is 4. The van der Waals surface area contributed by atoms with Gasteiger partial charge in [-0.3, -0.25) is 9.59 Å². The van der Waals surface area contributed by atoms with Gasteiger partial charge in [-0.05, 0) is 19.1 Å². The van der Waals surface area contributed by atoms with Crippen LogP contribution in [0.1, 0.15) is 18.4 Å². The summed E-state index contributed by atoms with van der Waals surface area (Å²) in [6.07, 6.45) is 1.56. The second-order valence-electron chi connectivity index (χ2n) is 5.52. The van der Waals surface area contributed by atoms with Crippen LogP contribution in [-0.2, 0) is 9.59 Å². The fourth-order valence-electron chi connectivity index (χ4n) is 2.56. The summed E-state index contributed by atoms with van der Waals surface area (Å²) in [5.74, 6) is -0.214. The largest absolute Gasteiger partial charge is 0.369 e. The van der Waals surface area contributed by atoms with Gasteiger partial charge in [0.05, 0.1) is 13.1 Å². The lowest BCUT2D eigenvalue weighted by atomic mass is 9.96.